The van der Waals surface area contributed by atoms with E-state index in [0.29, 0.717) is 12.1 Å². The Kier molecular flexibility index (Phi) is 5.97. The van der Waals surface area contributed by atoms with Crippen LogP contribution in [0.1, 0.15) is 45.7 Å². The second kappa shape index (κ2) is 7.01. The van der Waals surface area contributed by atoms with Crippen LogP contribution in [0.5, 0.6) is 0 Å². The van der Waals surface area contributed by atoms with E-state index in [9.17, 15) is 0 Å². The van der Waals surface area contributed by atoms with Crippen molar-refractivity contribution in [1.82, 2.24) is 5.32 Å². The highest BCUT2D eigenvalue weighted by Gasteiger charge is 2.13. The van der Waals surface area contributed by atoms with Crippen LogP contribution in [0.15, 0.2) is 18.2 Å². The summed E-state index contributed by atoms with van der Waals surface area (Å²) in [4.78, 5) is 2.24. The molecule has 0 amide bonds. The Morgan fingerprint density at radius 1 is 1.28 bits per heavy atom. The van der Waals surface area contributed by atoms with Gasteiger partial charge in [0.05, 0.1) is 10.7 Å². The van der Waals surface area contributed by atoms with Gasteiger partial charge < -0.3 is 10.2 Å². The molecule has 0 radical (unpaired) electrons. The van der Waals surface area contributed by atoms with E-state index in [4.69, 9.17) is 11.6 Å². The van der Waals surface area contributed by atoms with Crippen molar-refractivity contribution in [2.45, 2.75) is 46.2 Å². The lowest BCUT2D eigenvalue weighted by Gasteiger charge is -2.27. The minimum absolute atomic E-state index is 0.343. The van der Waals surface area contributed by atoms with Crippen LogP contribution in [0.4, 0.5) is 5.69 Å². The van der Waals surface area contributed by atoms with Gasteiger partial charge in [-0.25, -0.2) is 0 Å². The van der Waals surface area contributed by atoms with Gasteiger partial charge in [0.1, 0.15) is 0 Å². The number of nitrogens with one attached hydrogen (secondary N) is 1. The largest absolute Gasteiger partial charge is 0.371 e. The molecule has 2 nitrogen and oxygen atoms in total. The first-order valence-corrected chi connectivity index (χ1v) is 7.14. The van der Waals surface area contributed by atoms with E-state index in [0.717, 1.165) is 23.7 Å². The SMILES string of the molecule is CCNC(C)c1ccc(N(C)C(C)CC)c(Cl)c1. The molecule has 1 aromatic carbocycles. The Morgan fingerprint density at radius 2 is 1.94 bits per heavy atom. The lowest BCUT2D eigenvalue weighted by Crippen LogP contribution is -2.28. The molecular formula is C15H25ClN2. The van der Waals surface area contributed by atoms with Crippen LogP contribution in [0.25, 0.3) is 0 Å². The fourth-order valence-corrected chi connectivity index (χ4v) is 2.34. The molecule has 0 aliphatic rings. The zero-order valence-electron chi connectivity index (χ0n) is 12.1. The number of rotatable bonds is 6. The van der Waals surface area contributed by atoms with Gasteiger partial charge in [0.2, 0.25) is 0 Å². The van der Waals surface area contributed by atoms with Crippen molar-refractivity contribution in [2.24, 2.45) is 0 Å². The molecule has 102 valence electrons. The van der Waals surface area contributed by atoms with Gasteiger partial charge in [0, 0.05) is 19.1 Å². The summed E-state index contributed by atoms with van der Waals surface area (Å²) >= 11 is 6.40. The summed E-state index contributed by atoms with van der Waals surface area (Å²) in [6, 6.07) is 7.20. The molecule has 0 spiro atoms. The molecule has 0 bridgehead atoms. The molecule has 0 aliphatic heterocycles. The molecule has 3 heteroatoms. The average Bonchev–Trinajstić information content (AvgIpc) is 2.37. The van der Waals surface area contributed by atoms with E-state index < -0.39 is 0 Å². The van der Waals surface area contributed by atoms with Crippen molar-refractivity contribution in [3.63, 3.8) is 0 Å². The van der Waals surface area contributed by atoms with E-state index in [1.807, 2.05) is 0 Å². The Morgan fingerprint density at radius 3 is 2.44 bits per heavy atom. The second-order valence-corrected chi connectivity index (χ2v) is 5.27. The number of nitrogens with zero attached hydrogens (tertiary/aromatic N) is 1. The molecule has 0 heterocycles. The standard InChI is InChI=1S/C15H25ClN2/c1-6-11(3)18(5)15-9-8-13(10-14(15)16)12(4)17-7-2/h8-12,17H,6-7H2,1-5H3. The summed E-state index contributed by atoms with van der Waals surface area (Å²) < 4.78 is 0. The van der Waals surface area contributed by atoms with Crippen LogP contribution < -0.4 is 10.2 Å². The highest BCUT2D eigenvalue weighted by Crippen LogP contribution is 2.29. The topological polar surface area (TPSA) is 15.3 Å². The zero-order chi connectivity index (χ0) is 13.7. The Balaban J connectivity index is 2.92. The third-order valence-electron chi connectivity index (χ3n) is 3.61. The van der Waals surface area contributed by atoms with Crippen molar-refractivity contribution >= 4 is 17.3 Å². The van der Waals surface area contributed by atoms with Crippen molar-refractivity contribution in [2.75, 3.05) is 18.5 Å². The number of halogens is 1. The van der Waals surface area contributed by atoms with Crippen molar-refractivity contribution in [3.05, 3.63) is 28.8 Å². The Labute approximate surface area is 116 Å². The number of hydrogen-bond donors (Lipinski definition) is 1. The maximum Gasteiger partial charge on any atom is 0.0642 e. The maximum atomic E-state index is 6.40. The quantitative estimate of drug-likeness (QED) is 0.830. The van der Waals surface area contributed by atoms with Crippen LogP contribution >= 0.6 is 11.6 Å². The summed E-state index contributed by atoms with van der Waals surface area (Å²) in [7, 11) is 2.10. The predicted molar refractivity (Wildman–Crippen MR) is 81.7 cm³/mol. The third-order valence-corrected chi connectivity index (χ3v) is 3.92. The lowest BCUT2D eigenvalue weighted by molar-refractivity contribution is 0.598. The summed E-state index contributed by atoms with van der Waals surface area (Å²) in [5.74, 6) is 0. The molecule has 0 fully saturated rings. The molecule has 1 N–H and O–H groups in total. The van der Waals surface area contributed by atoms with Gasteiger partial charge in [0.25, 0.3) is 0 Å². The van der Waals surface area contributed by atoms with Gasteiger partial charge in [-0.2, -0.15) is 0 Å². The van der Waals surface area contributed by atoms with Gasteiger partial charge in [-0.05, 0) is 44.5 Å². The maximum absolute atomic E-state index is 6.40. The molecule has 0 aliphatic carbocycles. The molecule has 1 rings (SSSR count). The minimum atomic E-state index is 0.343. The normalized spacial score (nSPS) is 14.3. The molecule has 2 unspecified atom stereocenters. The van der Waals surface area contributed by atoms with E-state index in [1.54, 1.807) is 0 Å². The minimum Gasteiger partial charge on any atom is -0.371 e. The number of anilines is 1. The fourth-order valence-electron chi connectivity index (χ4n) is 2.01. The van der Waals surface area contributed by atoms with Gasteiger partial charge in [0.15, 0.2) is 0 Å². The number of benzene rings is 1. The zero-order valence-corrected chi connectivity index (χ0v) is 12.9. The van der Waals surface area contributed by atoms with Crippen LogP contribution in [-0.4, -0.2) is 19.6 Å². The molecule has 0 saturated carbocycles. The van der Waals surface area contributed by atoms with Crippen LogP contribution in [0.2, 0.25) is 5.02 Å². The fraction of sp³-hybridized carbons (Fsp3) is 0.600. The number of hydrogen-bond acceptors (Lipinski definition) is 2. The molecule has 18 heavy (non-hydrogen) atoms. The molecular weight excluding hydrogens is 244 g/mol. The monoisotopic (exact) mass is 268 g/mol. The van der Waals surface area contributed by atoms with Crippen molar-refractivity contribution in [1.29, 1.82) is 0 Å². The average molecular weight is 269 g/mol. The molecule has 0 aromatic heterocycles. The smallest absolute Gasteiger partial charge is 0.0642 e. The summed E-state index contributed by atoms with van der Waals surface area (Å²) in [6.45, 7) is 9.64. The third kappa shape index (κ3) is 3.63. The first-order chi connectivity index (χ1) is 8.51. The van der Waals surface area contributed by atoms with Gasteiger partial charge in [-0.15, -0.1) is 0 Å². The predicted octanol–water partition coefficient (Wildman–Crippen LogP) is 4.25. The second-order valence-electron chi connectivity index (χ2n) is 4.86. The van der Waals surface area contributed by atoms with Gasteiger partial charge in [-0.3, -0.25) is 0 Å². The van der Waals surface area contributed by atoms with Gasteiger partial charge >= 0.3 is 0 Å². The first kappa shape index (κ1) is 15.3. The van der Waals surface area contributed by atoms with Gasteiger partial charge in [-0.1, -0.05) is 31.5 Å². The lowest BCUT2D eigenvalue weighted by atomic mass is 10.1. The van der Waals surface area contributed by atoms with Crippen LogP contribution in [0, 0.1) is 0 Å². The Bertz CT molecular complexity index is 379. The van der Waals surface area contributed by atoms with Crippen molar-refractivity contribution in [3.8, 4) is 0 Å². The van der Waals surface area contributed by atoms with Crippen molar-refractivity contribution < 1.29 is 0 Å². The summed E-state index contributed by atoms with van der Waals surface area (Å²) in [5.41, 5.74) is 2.35. The van der Waals surface area contributed by atoms with Crippen LogP contribution in [0.3, 0.4) is 0 Å². The highest BCUT2D eigenvalue weighted by atomic mass is 35.5. The summed E-state index contributed by atoms with van der Waals surface area (Å²) in [5, 5.41) is 4.23. The Hall–Kier alpha value is -0.730. The van der Waals surface area contributed by atoms with E-state index in [1.165, 1.54) is 5.56 Å². The molecule has 0 saturated heterocycles. The molecule has 2 atom stereocenters. The van der Waals surface area contributed by atoms with E-state index >= 15 is 0 Å². The summed E-state index contributed by atoms with van der Waals surface area (Å²) in [6.07, 6.45) is 1.11. The van der Waals surface area contributed by atoms with Crippen LogP contribution in [-0.2, 0) is 0 Å². The molecule has 1 aromatic rings. The first-order valence-electron chi connectivity index (χ1n) is 6.76. The van der Waals surface area contributed by atoms with E-state index in [2.05, 4.69) is 63.2 Å². The van der Waals surface area contributed by atoms with E-state index in [-0.39, 0.29) is 0 Å². The highest BCUT2D eigenvalue weighted by molar-refractivity contribution is 6.33.